The van der Waals surface area contributed by atoms with Crippen molar-refractivity contribution in [3.63, 3.8) is 0 Å². The largest absolute Gasteiger partial charge is 0.467 e. The van der Waals surface area contributed by atoms with Gasteiger partial charge in [-0.25, -0.2) is 4.98 Å². The summed E-state index contributed by atoms with van der Waals surface area (Å²) in [6.07, 6.45) is 3.99. The first-order chi connectivity index (χ1) is 15.5. The van der Waals surface area contributed by atoms with E-state index in [2.05, 4.69) is 41.5 Å². The van der Waals surface area contributed by atoms with Gasteiger partial charge in [0, 0.05) is 51.9 Å². The fourth-order valence-corrected chi connectivity index (χ4v) is 4.78. The van der Waals surface area contributed by atoms with Crippen LogP contribution >= 0.6 is 0 Å². The lowest BCUT2D eigenvalue weighted by Gasteiger charge is -2.35. The van der Waals surface area contributed by atoms with E-state index in [0.29, 0.717) is 32.6 Å². The van der Waals surface area contributed by atoms with Crippen molar-refractivity contribution < 1.29 is 14.0 Å². The van der Waals surface area contributed by atoms with E-state index in [1.165, 1.54) is 11.3 Å². The van der Waals surface area contributed by atoms with E-state index in [1.54, 1.807) is 11.2 Å². The molecule has 0 spiro atoms. The lowest BCUT2D eigenvalue weighted by Crippen LogP contribution is -2.50. The molecule has 1 unspecified atom stereocenters. The van der Waals surface area contributed by atoms with Crippen LogP contribution in [0.2, 0.25) is 0 Å². The summed E-state index contributed by atoms with van der Waals surface area (Å²) in [6.45, 7) is 8.88. The summed E-state index contributed by atoms with van der Waals surface area (Å²) >= 11 is 0. The van der Waals surface area contributed by atoms with Crippen molar-refractivity contribution in [3.05, 3.63) is 59.4 Å². The van der Waals surface area contributed by atoms with E-state index in [1.807, 2.05) is 17.0 Å². The Hall–Kier alpha value is -3.13. The Balaban J connectivity index is 1.17. The number of pyridine rings is 1. The molecule has 0 saturated carbocycles. The molecule has 5 rings (SSSR count). The molecule has 168 valence electrons. The first-order valence-corrected chi connectivity index (χ1v) is 11.2. The van der Waals surface area contributed by atoms with Crippen molar-refractivity contribution in [2.24, 2.45) is 5.92 Å². The highest BCUT2D eigenvalue weighted by Gasteiger charge is 2.37. The fraction of sp³-hybridized carbons (Fsp3) is 0.458. The number of hydrogen-bond acceptors (Lipinski definition) is 5. The van der Waals surface area contributed by atoms with Crippen molar-refractivity contribution in [2.45, 2.75) is 33.4 Å². The van der Waals surface area contributed by atoms with Gasteiger partial charge >= 0.3 is 0 Å². The molecule has 0 radical (unpaired) electrons. The number of hydrogen-bond donors (Lipinski definition) is 0. The number of aromatic nitrogens is 2. The van der Waals surface area contributed by atoms with Crippen molar-refractivity contribution in [2.75, 3.05) is 32.7 Å². The highest BCUT2D eigenvalue weighted by atomic mass is 16.3. The average molecular weight is 436 g/mol. The number of likely N-dealkylation sites (tertiary alicyclic amines) is 1. The molecule has 32 heavy (non-hydrogen) atoms. The van der Waals surface area contributed by atoms with Gasteiger partial charge in [0.05, 0.1) is 30.1 Å². The molecule has 8 nitrogen and oxygen atoms in total. The monoisotopic (exact) mass is 435 g/mol. The van der Waals surface area contributed by atoms with Crippen molar-refractivity contribution >= 4 is 17.5 Å². The summed E-state index contributed by atoms with van der Waals surface area (Å²) in [5, 5.41) is 0. The standard InChI is InChI=1S/C24H29N5O3/c1-17-5-6-29-21(18(2)25-22(29)12-17)16-26-7-9-27(10-8-26)24(31)19-13-23(30)28(14-19)15-20-4-3-11-32-20/h3-6,11-12,19H,7-10,13-16H2,1-2H3. The third-order valence-corrected chi connectivity index (χ3v) is 6.63. The Morgan fingerprint density at radius 2 is 1.97 bits per heavy atom. The zero-order valence-corrected chi connectivity index (χ0v) is 18.7. The van der Waals surface area contributed by atoms with Gasteiger partial charge in [0.25, 0.3) is 0 Å². The molecule has 0 bridgehead atoms. The van der Waals surface area contributed by atoms with Crippen molar-refractivity contribution in [1.29, 1.82) is 0 Å². The second-order valence-electron chi connectivity index (χ2n) is 8.93. The number of fused-ring (bicyclic) bond motifs is 1. The van der Waals surface area contributed by atoms with Crippen molar-refractivity contribution in [1.82, 2.24) is 24.1 Å². The molecule has 8 heteroatoms. The molecule has 3 aromatic heterocycles. The Labute approximate surface area is 187 Å². The normalized spacial score (nSPS) is 19.9. The Morgan fingerprint density at radius 3 is 2.72 bits per heavy atom. The summed E-state index contributed by atoms with van der Waals surface area (Å²) < 4.78 is 7.51. The first-order valence-electron chi connectivity index (χ1n) is 11.2. The second-order valence-corrected chi connectivity index (χ2v) is 8.93. The van der Waals surface area contributed by atoms with Gasteiger partial charge in [-0.15, -0.1) is 0 Å². The van der Waals surface area contributed by atoms with Gasteiger partial charge in [0.1, 0.15) is 11.4 Å². The molecule has 2 fully saturated rings. The number of furan rings is 1. The topological polar surface area (TPSA) is 74.3 Å². The van der Waals surface area contributed by atoms with Crippen LogP contribution in [0.25, 0.3) is 5.65 Å². The predicted octanol–water partition coefficient (Wildman–Crippen LogP) is 2.24. The zero-order valence-electron chi connectivity index (χ0n) is 18.7. The van der Waals surface area contributed by atoms with Crippen LogP contribution in [-0.4, -0.2) is 68.6 Å². The van der Waals surface area contributed by atoms with E-state index in [9.17, 15) is 9.59 Å². The predicted molar refractivity (Wildman–Crippen MR) is 119 cm³/mol. The third-order valence-electron chi connectivity index (χ3n) is 6.63. The van der Waals surface area contributed by atoms with Crippen LogP contribution in [0.4, 0.5) is 0 Å². The van der Waals surface area contributed by atoms with E-state index in [-0.39, 0.29) is 17.7 Å². The molecule has 3 aromatic rings. The van der Waals surface area contributed by atoms with Crippen LogP contribution in [0.1, 0.15) is 29.1 Å². The average Bonchev–Trinajstić information content (AvgIpc) is 3.49. The quantitative estimate of drug-likeness (QED) is 0.615. The van der Waals surface area contributed by atoms with Crippen LogP contribution in [0.3, 0.4) is 0 Å². The van der Waals surface area contributed by atoms with Crippen LogP contribution in [0, 0.1) is 19.8 Å². The highest BCUT2D eigenvalue weighted by Crippen LogP contribution is 2.23. The van der Waals surface area contributed by atoms with Gasteiger partial charge in [-0.3, -0.25) is 14.5 Å². The highest BCUT2D eigenvalue weighted by molar-refractivity contribution is 5.89. The van der Waals surface area contributed by atoms with E-state index in [4.69, 9.17) is 9.40 Å². The molecule has 0 aliphatic carbocycles. The van der Waals surface area contributed by atoms with Crippen LogP contribution in [0.15, 0.2) is 41.1 Å². The molecular formula is C24H29N5O3. The summed E-state index contributed by atoms with van der Waals surface area (Å²) in [5.74, 6) is 0.615. The molecule has 2 amide bonds. The number of amides is 2. The maximum absolute atomic E-state index is 13.1. The molecule has 0 aromatic carbocycles. The second kappa shape index (κ2) is 8.43. The summed E-state index contributed by atoms with van der Waals surface area (Å²) in [7, 11) is 0. The minimum atomic E-state index is -0.256. The van der Waals surface area contributed by atoms with Gasteiger partial charge in [0.15, 0.2) is 0 Å². The Morgan fingerprint density at radius 1 is 1.16 bits per heavy atom. The first kappa shape index (κ1) is 20.8. The maximum Gasteiger partial charge on any atom is 0.228 e. The number of aryl methyl sites for hydroxylation is 2. The lowest BCUT2D eigenvalue weighted by atomic mass is 10.1. The van der Waals surface area contributed by atoms with Crippen molar-refractivity contribution in [3.8, 4) is 0 Å². The summed E-state index contributed by atoms with van der Waals surface area (Å²) in [4.78, 5) is 36.2. The van der Waals surface area contributed by atoms with Crippen LogP contribution in [0.5, 0.6) is 0 Å². The van der Waals surface area contributed by atoms with Gasteiger partial charge in [-0.1, -0.05) is 0 Å². The number of piperazine rings is 1. The third kappa shape index (κ3) is 4.02. The van der Waals surface area contributed by atoms with E-state index >= 15 is 0 Å². The molecule has 2 aliphatic heterocycles. The van der Waals surface area contributed by atoms with Gasteiger partial charge in [-0.05, 0) is 43.7 Å². The number of nitrogens with zero attached hydrogens (tertiary/aromatic N) is 5. The zero-order chi connectivity index (χ0) is 22.2. The fourth-order valence-electron chi connectivity index (χ4n) is 4.78. The molecule has 2 saturated heterocycles. The van der Waals surface area contributed by atoms with Crippen LogP contribution < -0.4 is 0 Å². The summed E-state index contributed by atoms with van der Waals surface area (Å²) in [5.41, 5.74) is 4.44. The van der Waals surface area contributed by atoms with Gasteiger partial charge in [-0.2, -0.15) is 0 Å². The molecule has 5 heterocycles. The molecular weight excluding hydrogens is 406 g/mol. The van der Waals surface area contributed by atoms with Gasteiger partial charge < -0.3 is 18.6 Å². The number of carbonyl (C=O) groups is 2. The lowest BCUT2D eigenvalue weighted by molar-refractivity contribution is -0.137. The van der Waals surface area contributed by atoms with E-state index < -0.39 is 0 Å². The molecule has 0 N–H and O–H groups in total. The maximum atomic E-state index is 13.1. The van der Waals surface area contributed by atoms with E-state index in [0.717, 1.165) is 36.7 Å². The number of carbonyl (C=O) groups excluding carboxylic acids is 2. The van der Waals surface area contributed by atoms with Crippen LogP contribution in [-0.2, 0) is 22.7 Å². The summed E-state index contributed by atoms with van der Waals surface area (Å²) in [6, 6.07) is 7.87. The molecule has 2 aliphatic rings. The smallest absolute Gasteiger partial charge is 0.228 e. The Bertz CT molecular complexity index is 1130. The van der Waals surface area contributed by atoms with Gasteiger partial charge in [0.2, 0.25) is 11.8 Å². The number of rotatable bonds is 5. The minimum absolute atomic E-state index is 0.0247. The minimum Gasteiger partial charge on any atom is -0.467 e. The SMILES string of the molecule is Cc1ccn2c(CN3CCN(C(=O)C4CC(=O)N(Cc5ccco5)C4)CC3)c(C)nc2c1. The molecule has 1 atom stereocenters. The Kier molecular flexibility index (Phi) is 5.46. The number of imidazole rings is 1.